The maximum atomic E-state index is 12.9. The Morgan fingerprint density at radius 2 is 1.89 bits per heavy atom. The van der Waals surface area contributed by atoms with E-state index in [1.807, 2.05) is 0 Å². The van der Waals surface area contributed by atoms with E-state index in [2.05, 4.69) is 5.43 Å². The summed E-state index contributed by atoms with van der Waals surface area (Å²) in [7, 11) is 0. The van der Waals surface area contributed by atoms with Crippen LogP contribution in [0.3, 0.4) is 0 Å². The van der Waals surface area contributed by atoms with Crippen molar-refractivity contribution in [2.24, 2.45) is 0 Å². The van der Waals surface area contributed by atoms with Gasteiger partial charge in [0.05, 0.1) is 0 Å². The van der Waals surface area contributed by atoms with Crippen molar-refractivity contribution in [3.8, 4) is 0 Å². The average Bonchev–Trinajstić information content (AvgIpc) is 2.65. The van der Waals surface area contributed by atoms with Gasteiger partial charge in [0.15, 0.2) is 0 Å². The Labute approximate surface area is 107 Å². The molecule has 2 rings (SSSR count). The van der Waals surface area contributed by atoms with E-state index in [1.54, 1.807) is 6.07 Å². The van der Waals surface area contributed by atoms with Crippen molar-refractivity contribution >= 4 is 5.91 Å². The zero-order chi connectivity index (χ0) is 14.3. The van der Waals surface area contributed by atoms with Crippen LogP contribution in [0.4, 0.5) is 13.2 Å². The molecular formula is C12H11F3N2O2. The topological polar surface area (TPSA) is 52.6 Å². The molecule has 0 aliphatic carbocycles. The van der Waals surface area contributed by atoms with E-state index < -0.39 is 17.8 Å². The van der Waals surface area contributed by atoms with E-state index in [0.717, 1.165) is 0 Å². The Morgan fingerprint density at radius 3 is 2.42 bits per heavy atom. The molecule has 0 saturated heterocycles. The number of benzene rings is 1. The summed E-state index contributed by atoms with van der Waals surface area (Å²) >= 11 is 0. The van der Waals surface area contributed by atoms with Crippen LogP contribution in [0.15, 0.2) is 42.1 Å². The number of carbonyl (C=O) groups is 1. The Morgan fingerprint density at radius 1 is 1.32 bits per heavy atom. The first kappa shape index (κ1) is 13.4. The van der Waals surface area contributed by atoms with Gasteiger partial charge in [-0.05, 0) is 25.1 Å². The van der Waals surface area contributed by atoms with Crippen LogP contribution in [0.25, 0.3) is 0 Å². The second-order valence-corrected chi connectivity index (χ2v) is 4.17. The van der Waals surface area contributed by atoms with Crippen LogP contribution >= 0.6 is 0 Å². The molecule has 1 aromatic rings. The van der Waals surface area contributed by atoms with Gasteiger partial charge in [-0.1, -0.05) is 18.2 Å². The van der Waals surface area contributed by atoms with Gasteiger partial charge in [-0.15, -0.1) is 0 Å². The van der Waals surface area contributed by atoms with Crippen molar-refractivity contribution in [1.82, 2.24) is 10.4 Å². The van der Waals surface area contributed by atoms with Crippen molar-refractivity contribution in [3.05, 3.63) is 47.7 Å². The number of nitrogens with one attached hydrogen (secondary N) is 1. The van der Waals surface area contributed by atoms with Crippen molar-refractivity contribution in [2.75, 3.05) is 0 Å². The molecule has 0 fully saturated rings. The van der Waals surface area contributed by atoms with Gasteiger partial charge in [0.25, 0.3) is 11.6 Å². The maximum Gasteiger partial charge on any atom is 0.442 e. The van der Waals surface area contributed by atoms with Crippen LogP contribution in [0, 0.1) is 0 Å². The predicted octanol–water partition coefficient (Wildman–Crippen LogP) is 1.80. The van der Waals surface area contributed by atoms with Crippen LogP contribution in [0.5, 0.6) is 0 Å². The molecule has 1 aromatic carbocycles. The molecule has 19 heavy (non-hydrogen) atoms. The second kappa shape index (κ2) is 4.27. The van der Waals surface area contributed by atoms with E-state index in [9.17, 15) is 23.1 Å². The van der Waals surface area contributed by atoms with Gasteiger partial charge in [0.2, 0.25) is 0 Å². The Hall–Kier alpha value is -2.02. The molecule has 1 heterocycles. The number of aliphatic hydroxyl groups is 1. The van der Waals surface area contributed by atoms with Crippen LogP contribution < -0.4 is 5.43 Å². The number of rotatable bonds is 1. The van der Waals surface area contributed by atoms with Gasteiger partial charge in [-0.2, -0.15) is 13.2 Å². The molecule has 1 amide bonds. The molecule has 1 atom stereocenters. The van der Waals surface area contributed by atoms with E-state index in [-0.39, 0.29) is 16.3 Å². The van der Waals surface area contributed by atoms with Gasteiger partial charge in [0, 0.05) is 11.3 Å². The molecular weight excluding hydrogens is 261 g/mol. The Balaban J connectivity index is 2.38. The van der Waals surface area contributed by atoms with Gasteiger partial charge in [0.1, 0.15) is 0 Å². The molecule has 0 spiro atoms. The summed E-state index contributed by atoms with van der Waals surface area (Å²) < 4.78 is 38.7. The molecule has 1 aliphatic rings. The third kappa shape index (κ3) is 2.17. The maximum absolute atomic E-state index is 12.9. The number of hydrogen-bond acceptors (Lipinski definition) is 3. The summed E-state index contributed by atoms with van der Waals surface area (Å²) in [5.74, 6) is -0.964. The smallest absolute Gasteiger partial charge is 0.359 e. The van der Waals surface area contributed by atoms with Crippen molar-refractivity contribution < 1.29 is 23.1 Å². The Bertz CT molecular complexity index is 528. The van der Waals surface area contributed by atoms with Crippen LogP contribution in [0.1, 0.15) is 17.3 Å². The first-order chi connectivity index (χ1) is 8.75. The lowest BCUT2D eigenvalue weighted by Gasteiger charge is -2.33. The van der Waals surface area contributed by atoms with E-state index in [1.165, 1.54) is 31.2 Å². The molecule has 1 aliphatic heterocycles. The lowest BCUT2D eigenvalue weighted by molar-refractivity contribution is -0.283. The molecule has 102 valence electrons. The normalized spacial score (nSPS) is 23.0. The van der Waals surface area contributed by atoms with E-state index in [0.29, 0.717) is 6.08 Å². The molecule has 2 N–H and O–H groups in total. The van der Waals surface area contributed by atoms with Crippen LogP contribution in [-0.4, -0.2) is 27.9 Å². The van der Waals surface area contributed by atoms with Crippen LogP contribution in [0.2, 0.25) is 0 Å². The lowest BCUT2D eigenvalue weighted by atomic mass is 10.1. The third-order valence-electron chi connectivity index (χ3n) is 2.69. The summed E-state index contributed by atoms with van der Waals surface area (Å²) in [6, 6.07) is 7.42. The Kier molecular flexibility index (Phi) is 3.01. The molecule has 7 heteroatoms. The molecule has 0 aromatic heterocycles. The number of hydrogen-bond donors (Lipinski definition) is 2. The fourth-order valence-electron chi connectivity index (χ4n) is 1.78. The minimum atomic E-state index is -5.00. The molecule has 1 unspecified atom stereocenters. The fraction of sp³-hybridized carbons (Fsp3) is 0.250. The van der Waals surface area contributed by atoms with E-state index in [4.69, 9.17) is 0 Å². The minimum Gasteiger partial charge on any atom is -0.359 e. The zero-order valence-corrected chi connectivity index (χ0v) is 9.90. The highest BCUT2D eigenvalue weighted by Crippen LogP contribution is 2.38. The summed E-state index contributed by atoms with van der Waals surface area (Å²) in [5, 5.41) is 9.91. The average molecular weight is 272 g/mol. The van der Waals surface area contributed by atoms with Crippen molar-refractivity contribution in [3.63, 3.8) is 0 Å². The summed E-state index contributed by atoms with van der Waals surface area (Å²) in [5.41, 5.74) is -1.03. The number of amides is 1. The quantitative estimate of drug-likeness (QED) is 0.819. The zero-order valence-electron chi connectivity index (χ0n) is 9.90. The molecule has 0 radical (unpaired) electrons. The van der Waals surface area contributed by atoms with Crippen molar-refractivity contribution in [1.29, 1.82) is 0 Å². The summed E-state index contributed by atoms with van der Waals surface area (Å²) in [6.07, 6.45) is -4.43. The minimum absolute atomic E-state index is 0.0424. The van der Waals surface area contributed by atoms with Gasteiger partial charge in [-0.25, -0.2) is 5.01 Å². The first-order valence-corrected chi connectivity index (χ1v) is 5.40. The number of allylic oxidation sites excluding steroid dienone is 1. The van der Waals surface area contributed by atoms with Gasteiger partial charge < -0.3 is 5.11 Å². The highest BCUT2D eigenvalue weighted by atomic mass is 19.4. The molecule has 0 saturated carbocycles. The molecule has 4 nitrogen and oxygen atoms in total. The third-order valence-corrected chi connectivity index (χ3v) is 2.69. The SMILES string of the molecule is CC1=CC(O)(C(F)(F)F)N(C(=O)c2ccccc2)N1. The second-order valence-electron chi connectivity index (χ2n) is 4.17. The van der Waals surface area contributed by atoms with Crippen molar-refractivity contribution in [2.45, 2.75) is 18.8 Å². The predicted molar refractivity (Wildman–Crippen MR) is 60.5 cm³/mol. The van der Waals surface area contributed by atoms with Gasteiger partial charge >= 0.3 is 6.18 Å². The summed E-state index contributed by atoms with van der Waals surface area (Å²) in [6.45, 7) is 1.33. The largest absolute Gasteiger partial charge is 0.442 e. The highest BCUT2D eigenvalue weighted by Gasteiger charge is 2.61. The number of alkyl halides is 3. The van der Waals surface area contributed by atoms with E-state index >= 15 is 0 Å². The summed E-state index contributed by atoms with van der Waals surface area (Å²) in [4.78, 5) is 12.0. The standard InChI is InChI=1S/C12H11F3N2O2/c1-8-7-11(19,12(13,14)15)17(16-8)10(18)9-5-3-2-4-6-9/h2-7,16,19H,1H3. The molecule has 0 bridgehead atoms. The number of hydrazine groups is 1. The van der Waals surface area contributed by atoms with Crippen LogP contribution in [-0.2, 0) is 0 Å². The fourth-order valence-corrected chi connectivity index (χ4v) is 1.78. The first-order valence-electron chi connectivity index (χ1n) is 5.40. The van der Waals surface area contributed by atoms with Gasteiger partial charge in [-0.3, -0.25) is 10.2 Å². The highest BCUT2D eigenvalue weighted by molar-refractivity contribution is 5.94. The monoisotopic (exact) mass is 272 g/mol. The number of nitrogens with zero attached hydrogens (tertiary/aromatic N) is 1. The lowest BCUT2D eigenvalue weighted by Crippen LogP contribution is -2.60. The number of halogens is 3. The number of carbonyl (C=O) groups excluding carboxylic acids is 1.